The predicted molar refractivity (Wildman–Crippen MR) is 128 cm³/mol. The van der Waals surface area contributed by atoms with Gasteiger partial charge in [-0.15, -0.1) is 0 Å². The zero-order valence-electron chi connectivity index (χ0n) is 19.3. The highest BCUT2D eigenvalue weighted by atomic mass is 16.5. The smallest absolute Gasteiger partial charge is 0.260 e. The van der Waals surface area contributed by atoms with Gasteiger partial charge in [0.2, 0.25) is 0 Å². The van der Waals surface area contributed by atoms with Gasteiger partial charge in [0.1, 0.15) is 0 Å². The third-order valence-corrected chi connectivity index (χ3v) is 6.48. The summed E-state index contributed by atoms with van der Waals surface area (Å²) >= 11 is 0. The quantitative estimate of drug-likeness (QED) is 0.560. The summed E-state index contributed by atoms with van der Waals surface area (Å²) < 4.78 is 9.41. The zero-order chi connectivity index (χ0) is 22.7. The highest BCUT2D eigenvalue weighted by Gasteiger charge is 2.26. The van der Waals surface area contributed by atoms with Crippen molar-refractivity contribution in [1.29, 1.82) is 0 Å². The number of amides is 1. The maximum absolute atomic E-state index is 13.2. The maximum atomic E-state index is 13.2. The fraction of sp³-hybridized carbons (Fsp3) is 0.462. The molecule has 1 amide bonds. The highest BCUT2D eigenvalue weighted by Crippen LogP contribution is 2.29. The van der Waals surface area contributed by atoms with E-state index in [0.29, 0.717) is 17.1 Å². The second kappa shape index (κ2) is 9.74. The van der Waals surface area contributed by atoms with Crippen LogP contribution in [0, 0.1) is 0 Å². The molecule has 32 heavy (non-hydrogen) atoms. The third-order valence-electron chi connectivity index (χ3n) is 6.48. The minimum absolute atomic E-state index is 0.116. The number of ether oxygens (including phenoxy) is 1. The van der Waals surface area contributed by atoms with E-state index < -0.39 is 0 Å². The zero-order valence-corrected chi connectivity index (χ0v) is 19.3. The molecule has 0 radical (unpaired) electrons. The summed E-state index contributed by atoms with van der Waals surface area (Å²) in [6, 6.07) is 10.1. The van der Waals surface area contributed by atoms with Gasteiger partial charge in [0.25, 0.3) is 11.5 Å². The van der Waals surface area contributed by atoms with E-state index in [0.717, 1.165) is 61.8 Å². The molecule has 1 aliphatic rings. The lowest BCUT2D eigenvalue weighted by Crippen LogP contribution is -2.39. The first-order valence-corrected chi connectivity index (χ1v) is 11.7. The molecular formula is C26H33N3O3. The molecule has 1 aromatic carbocycles. The molecule has 0 aliphatic heterocycles. The van der Waals surface area contributed by atoms with E-state index in [-0.39, 0.29) is 17.5 Å². The van der Waals surface area contributed by atoms with E-state index in [1.807, 2.05) is 48.1 Å². The Hall–Kier alpha value is -2.86. The van der Waals surface area contributed by atoms with Crippen LogP contribution in [-0.2, 0) is 18.8 Å². The van der Waals surface area contributed by atoms with Crippen molar-refractivity contribution in [3.63, 3.8) is 0 Å². The largest absolute Gasteiger partial charge is 0.378 e. The van der Waals surface area contributed by atoms with Gasteiger partial charge in [-0.2, -0.15) is 0 Å². The van der Waals surface area contributed by atoms with Crippen LogP contribution in [0.15, 0.2) is 47.5 Å². The monoisotopic (exact) mass is 435 g/mol. The van der Waals surface area contributed by atoms with Crippen molar-refractivity contribution in [1.82, 2.24) is 14.5 Å². The van der Waals surface area contributed by atoms with Crippen molar-refractivity contribution in [2.75, 3.05) is 6.61 Å². The van der Waals surface area contributed by atoms with Gasteiger partial charge in [-0.3, -0.25) is 9.59 Å². The molecule has 0 spiro atoms. The van der Waals surface area contributed by atoms with Crippen molar-refractivity contribution in [2.24, 2.45) is 14.1 Å². The summed E-state index contributed by atoms with van der Waals surface area (Å²) in [7, 11) is 3.63. The molecule has 4 rings (SSSR count). The van der Waals surface area contributed by atoms with E-state index in [9.17, 15) is 9.59 Å². The number of carbonyl (C=O) groups is 1. The molecule has 0 atom stereocenters. The van der Waals surface area contributed by atoms with Gasteiger partial charge in [-0.25, -0.2) is 0 Å². The van der Waals surface area contributed by atoms with Crippen molar-refractivity contribution in [3.05, 3.63) is 58.6 Å². The predicted octanol–water partition coefficient (Wildman–Crippen LogP) is 4.40. The number of nitrogens with one attached hydrogen (secondary N) is 1. The van der Waals surface area contributed by atoms with Crippen LogP contribution in [0.4, 0.5) is 0 Å². The van der Waals surface area contributed by atoms with Crippen LogP contribution in [0.2, 0.25) is 0 Å². The maximum Gasteiger partial charge on any atom is 0.260 e. The molecule has 1 saturated carbocycles. The number of hydrogen-bond donors (Lipinski definition) is 1. The molecule has 1 fully saturated rings. The Morgan fingerprint density at radius 2 is 1.78 bits per heavy atom. The van der Waals surface area contributed by atoms with Crippen LogP contribution in [0.25, 0.3) is 22.0 Å². The number of benzene rings is 1. The fourth-order valence-electron chi connectivity index (χ4n) is 4.69. The Balaban J connectivity index is 1.57. The minimum atomic E-state index is -0.173. The third kappa shape index (κ3) is 4.51. The first kappa shape index (κ1) is 22.3. The van der Waals surface area contributed by atoms with Gasteiger partial charge in [0.15, 0.2) is 0 Å². The lowest BCUT2D eigenvalue weighted by molar-refractivity contribution is 0.0209. The van der Waals surface area contributed by atoms with E-state index in [1.54, 1.807) is 17.8 Å². The molecule has 0 bridgehead atoms. The number of aryl methyl sites for hydroxylation is 2. The average molecular weight is 436 g/mol. The van der Waals surface area contributed by atoms with Crippen molar-refractivity contribution in [3.8, 4) is 11.1 Å². The highest BCUT2D eigenvalue weighted by molar-refractivity contribution is 6.09. The van der Waals surface area contributed by atoms with Crippen LogP contribution in [0.1, 0.15) is 55.8 Å². The van der Waals surface area contributed by atoms with Crippen LogP contribution in [-0.4, -0.2) is 33.8 Å². The summed E-state index contributed by atoms with van der Waals surface area (Å²) in [4.78, 5) is 26.3. The second-order valence-electron chi connectivity index (χ2n) is 8.87. The van der Waals surface area contributed by atoms with Gasteiger partial charge in [0.05, 0.1) is 22.6 Å². The molecule has 2 heterocycles. The van der Waals surface area contributed by atoms with Gasteiger partial charge in [-0.05, 0) is 37.7 Å². The summed E-state index contributed by atoms with van der Waals surface area (Å²) in [5.74, 6) is -0.173. The lowest BCUT2D eigenvalue weighted by atomic mass is 9.92. The number of pyridine rings is 1. The van der Waals surface area contributed by atoms with Crippen molar-refractivity contribution < 1.29 is 9.53 Å². The average Bonchev–Trinajstić information content (AvgIpc) is 3.16. The Kier molecular flexibility index (Phi) is 6.80. The summed E-state index contributed by atoms with van der Waals surface area (Å²) in [5, 5.41) is 3.66. The van der Waals surface area contributed by atoms with Crippen molar-refractivity contribution >= 4 is 16.8 Å². The fourth-order valence-corrected chi connectivity index (χ4v) is 4.69. The number of rotatable bonds is 7. The molecular weight excluding hydrogens is 402 g/mol. The van der Waals surface area contributed by atoms with E-state index in [1.165, 1.54) is 0 Å². The van der Waals surface area contributed by atoms with Gasteiger partial charge in [-0.1, -0.05) is 43.7 Å². The normalized spacial score (nSPS) is 18.7. The number of unbranched alkanes of at least 4 members (excludes halogenated alkanes) is 1. The van der Waals surface area contributed by atoms with Crippen molar-refractivity contribution in [2.45, 2.75) is 57.6 Å². The van der Waals surface area contributed by atoms with Crippen LogP contribution < -0.4 is 10.9 Å². The summed E-state index contributed by atoms with van der Waals surface area (Å²) in [6.07, 6.45) is 9.90. The number of carbonyl (C=O) groups excluding carboxylic acids is 1. The Labute approximate surface area is 189 Å². The Bertz CT molecular complexity index is 1140. The SMILES string of the molecule is CCCCO[C@H]1CC[C@H](NC(=O)c2cn(C)c3c(-c4ccccc4)cn(C)c(=O)c23)CC1. The van der Waals surface area contributed by atoms with Gasteiger partial charge >= 0.3 is 0 Å². The van der Waals surface area contributed by atoms with E-state index in [2.05, 4.69) is 12.2 Å². The molecule has 0 saturated heterocycles. The second-order valence-corrected chi connectivity index (χ2v) is 8.87. The molecule has 6 heteroatoms. The van der Waals surface area contributed by atoms with Gasteiger partial charge in [0, 0.05) is 44.7 Å². The summed E-state index contributed by atoms with van der Waals surface area (Å²) in [5.41, 5.74) is 3.04. The first-order chi connectivity index (χ1) is 15.5. The number of hydrogen-bond acceptors (Lipinski definition) is 3. The molecule has 2 aromatic heterocycles. The molecule has 0 unspecified atom stereocenters. The minimum Gasteiger partial charge on any atom is -0.378 e. The number of aromatic nitrogens is 2. The molecule has 1 N–H and O–H groups in total. The standard InChI is InChI=1S/C26H33N3O3/c1-4-5-15-32-20-13-11-19(12-14-20)27-25(30)22-17-28(2)24-21(18-9-7-6-8-10-18)16-29(3)26(31)23(22)24/h6-10,16-17,19-20H,4-5,11-15H2,1-3H3,(H,27,30)/t19-,20-. The number of nitrogens with zero attached hydrogens (tertiary/aromatic N) is 2. The first-order valence-electron chi connectivity index (χ1n) is 11.7. The number of fused-ring (bicyclic) bond motifs is 1. The molecule has 170 valence electrons. The van der Waals surface area contributed by atoms with E-state index >= 15 is 0 Å². The van der Waals surface area contributed by atoms with Crippen LogP contribution >= 0.6 is 0 Å². The molecule has 1 aliphatic carbocycles. The van der Waals surface area contributed by atoms with E-state index in [4.69, 9.17) is 4.74 Å². The Morgan fingerprint density at radius 1 is 1.06 bits per heavy atom. The van der Waals surface area contributed by atoms with Gasteiger partial charge < -0.3 is 19.2 Å². The molecule has 3 aromatic rings. The topological polar surface area (TPSA) is 65.3 Å². The van der Waals surface area contributed by atoms with Crippen LogP contribution in [0.5, 0.6) is 0 Å². The Morgan fingerprint density at radius 3 is 2.47 bits per heavy atom. The lowest BCUT2D eigenvalue weighted by Gasteiger charge is -2.29. The van der Waals surface area contributed by atoms with Crippen LogP contribution in [0.3, 0.4) is 0 Å². The molecule has 6 nitrogen and oxygen atoms in total. The summed E-state index contributed by atoms with van der Waals surface area (Å²) in [6.45, 7) is 2.99.